The monoisotopic (exact) mass is 420 g/mol. The van der Waals surface area contributed by atoms with Gasteiger partial charge in [0.05, 0.1) is 13.2 Å². The molecule has 1 atom stereocenters. The van der Waals surface area contributed by atoms with Crippen LogP contribution in [0.4, 0.5) is 5.69 Å². The van der Waals surface area contributed by atoms with Crippen molar-refractivity contribution in [2.75, 3.05) is 12.4 Å². The number of nitrogens with one attached hydrogen (secondary N) is 2. The molecule has 1 heterocycles. The quantitative estimate of drug-likeness (QED) is 0.680. The molecule has 0 aromatic heterocycles. The van der Waals surface area contributed by atoms with Crippen LogP contribution in [0.15, 0.2) is 46.9 Å². The van der Waals surface area contributed by atoms with Gasteiger partial charge in [0.1, 0.15) is 17.1 Å². The van der Waals surface area contributed by atoms with Gasteiger partial charge in [0, 0.05) is 28.2 Å². The maximum atomic E-state index is 6.12. The van der Waals surface area contributed by atoms with Crippen LogP contribution in [0.3, 0.4) is 0 Å². The fourth-order valence-corrected chi connectivity index (χ4v) is 3.64. The van der Waals surface area contributed by atoms with E-state index in [1.807, 2.05) is 42.5 Å². The Morgan fingerprint density at radius 2 is 2.08 bits per heavy atom. The zero-order chi connectivity index (χ0) is 18.0. The normalized spacial score (nSPS) is 17.8. The first-order valence-electron chi connectivity index (χ1n) is 8.06. The van der Waals surface area contributed by atoms with Gasteiger partial charge in [-0.05, 0) is 56.4 Å². The first kappa shape index (κ1) is 18.0. The predicted octanol–water partition coefficient (Wildman–Crippen LogP) is 5.05. The van der Waals surface area contributed by atoms with Crippen LogP contribution >= 0.6 is 28.1 Å². The minimum Gasteiger partial charge on any atom is -0.497 e. The van der Waals surface area contributed by atoms with Crippen LogP contribution in [0.5, 0.6) is 11.5 Å². The van der Waals surface area contributed by atoms with Crippen LogP contribution in [0.25, 0.3) is 0 Å². The zero-order valence-corrected chi connectivity index (χ0v) is 16.8. The van der Waals surface area contributed by atoms with Crippen molar-refractivity contribution >= 4 is 38.9 Å². The number of hydrogen-bond donors (Lipinski definition) is 2. The third kappa shape index (κ3) is 4.44. The van der Waals surface area contributed by atoms with E-state index in [0.717, 1.165) is 33.6 Å². The van der Waals surface area contributed by atoms with Crippen molar-refractivity contribution < 1.29 is 9.47 Å². The molecule has 0 spiro atoms. The van der Waals surface area contributed by atoms with E-state index in [0.29, 0.717) is 5.11 Å². The fraction of sp³-hybridized carbons (Fsp3) is 0.316. The number of halogens is 1. The molecule has 0 radical (unpaired) electrons. The zero-order valence-electron chi connectivity index (χ0n) is 14.4. The summed E-state index contributed by atoms with van der Waals surface area (Å²) in [7, 11) is 1.66. The molecule has 3 rings (SSSR count). The van der Waals surface area contributed by atoms with Crippen LogP contribution < -0.4 is 20.1 Å². The van der Waals surface area contributed by atoms with Crippen molar-refractivity contribution in [3.63, 3.8) is 0 Å². The minimum absolute atomic E-state index is 0.0665. The molecule has 2 aromatic rings. The standard InChI is InChI=1S/C19H21BrN2O2S/c1-19(2)11-16(15-8-7-14(23-3)10-17(15)24-19)22-18(25)21-13-6-4-5-12(20)9-13/h4-10,16H,11H2,1-3H3,(H2,21,22,25). The molecule has 4 nitrogen and oxygen atoms in total. The first-order chi connectivity index (χ1) is 11.9. The van der Waals surface area contributed by atoms with E-state index < -0.39 is 0 Å². The lowest BCUT2D eigenvalue weighted by atomic mass is 9.89. The molecular weight excluding hydrogens is 400 g/mol. The second-order valence-electron chi connectivity index (χ2n) is 6.63. The Balaban J connectivity index is 1.79. The van der Waals surface area contributed by atoms with E-state index in [2.05, 4.69) is 40.4 Å². The van der Waals surface area contributed by atoms with Gasteiger partial charge >= 0.3 is 0 Å². The molecule has 0 aliphatic carbocycles. The SMILES string of the molecule is COc1ccc2c(c1)OC(C)(C)CC2NC(=S)Nc1cccc(Br)c1. The molecule has 132 valence electrons. The topological polar surface area (TPSA) is 42.5 Å². The van der Waals surface area contributed by atoms with Crippen LogP contribution in [0.1, 0.15) is 31.9 Å². The maximum Gasteiger partial charge on any atom is 0.171 e. The van der Waals surface area contributed by atoms with Crippen LogP contribution in [0.2, 0.25) is 0 Å². The molecule has 6 heteroatoms. The summed E-state index contributed by atoms with van der Waals surface area (Å²) in [5, 5.41) is 7.24. The summed E-state index contributed by atoms with van der Waals surface area (Å²) in [6.45, 7) is 4.16. The molecule has 2 N–H and O–H groups in total. The Labute approximate surface area is 162 Å². The van der Waals surface area contributed by atoms with Crippen LogP contribution in [-0.4, -0.2) is 17.8 Å². The van der Waals surface area contributed by atoms with Crippen molar-refractivity contribution in [3.8, 4) is 11.5 Å². The Hall–Kier alpha value is -1.79. The number of ether oxygens (including phenoxy) is 2. The highest BCUT2D eigenvalue weighted by Crippen LogP contribution is 2.41. The van der Waals surface area contributed by atoms with Crippen molar-refractivity contribution in [3.05, 3.63) is 52.5 Å². The van der Waals surface area contributed by atoms with Gasteiger partial charge in [0.2, 0.25) is 0 Å². The molecule has 0 bridgehead atoms. The largest absolute Gasteiger partial charge is 0.497 e. The third-order valence-electron chi connectivity index (χ3n) is 4.07. The molecule has 1 aliphatic rings. The average Bonchev–Trinajstić information content (AvgIpc) is 2.53. The molecule has 1 aliphatic heterocycles. The second kappa shape index (κ2) is 7.22. The summed E-state index contributed by atoms with van der Waals surface area (Å²) < 4.78 is 12.4. The van der Waals surface area contributed by atoms with Gasteiger partial charge in [0.15, 0.2) is 5.11 Å². The van der Waals surface area contributed by atoms with Crippen LogP contribution in [-0.2, 0) is 0 Å². The van der Waals surface area contributed by atoms with E-state index in [9.17, 15) is 0 Å². The van der Waals surface area contributed by atoms with E-state index in [1.54, 1.807) is 7.11 Å². The summed E-state index contributed by atoms with van der Waals surface area (Å²) in [6, 6.07) is 13.9. The van der Waals surface area contributed by atoms with Crippen molar-refractivity contribution in [2.45, 2.75) is 31.9 Å². The lowest BCUT2D eigenvalue weighted by molar-refractivity contribution is 0.0693. The first-order valence-corrected chi connectivity index (χ1v) is 9.26. The number of rotatable bonds is 3. The summed E-state index contributed by atoms with van der Waals surface area (Å²) in [6.07, 6.45) is 0.812. The van der Waals surface area contributed by atoms with Gasteiger partial charge in [-0.1, -0.05) is 22.0 Å². The Morgan fingerprint density at radius 3 is 2.80 bits per heavy atom. The molecule has 0 amide bonds. The van der Waals surface area contributed by atoms with Crippen molar-refractivity contribution in [1.29, 1.82) is 0 Å². The van der Waals surface area contributed by atoms with E-state index in [1.165, 1.54) is 0 Å². The summed E-state index contributed by atoms with van der Waals surface area (Å²) in [5.41, 5.74) is 1.73. The van der Waals surface area contributed by atoms with Crippen LogP contribution in [0, 0.1) is 0 Å². The molecule has 25 heavy (non-hydrogen) atoms. The van der Waals surface area contributed by atoms with Crippen molar-refractivity contribution in [1.82, 2.24) is 5.32 Å². The number of methoxy groups -OCH3 is 1. The molecule has 0 fully saturated rings. The van der Waals surface area contributed by atoms with Gasteiger partial charge in [0.25, 0.3) is 0 Å². The van der Waals surface area contributed by atoms with Gasteiger partial charge < -0.3 is 20.1 Å². The second-order valence-corrected chi connectivity index (χ2v) is 7.95. The molecule has 2 aromatic carbocycles. The van der Waals surface area contributed by atoms with Gasteiger partial charge in [-0.25, -0.2) is 0 Å². The van der Waals surface area contributed by atoms with Gasteiger partial charge in [-0.15, -0.1) is 0 Å². The highest BCUT2D eigenvalue weighted by Gasteiger charge is 2.34. The molecule has 0 saturated carbocycles. The molecule has 0 saturated heterocycles. The number of thiocarbonyl (C=S) groups is 1. The van der Waals surface area contributed by atoms with E-state index >= 15 is 0 Å². The highest BCUT2D eigenvalue weighted by molar-refractivity contribution is 9.10. The van der Waals surface area contributed by atoms with Crippen molar-refractivity contribution in [2.24, 2.45) is 0 Å². The highest BCUT2D eigenvalue weighted by atomic mass is 79.9. The van der Waals surface area contributed by atoms with E-state index in [-0.39, 0.29) is 11.6 Å². The summed E-state index contributed by atoms with van der Waals surface area (Å²) >= 11 is 8.98. The number of benzene rings is 2. The number of anilines is 1. The molecule has 1 unspecified atom stereocenters. The lowest BCUT2D eigenvalue weighted by Gasteiger charge is -2.38. The van der Waals surface area contributed by atoms with Gasteiger partial charge in [-0.2, -0.15) is 0 Å². The third-order valence-corrected chi connectivity index (χ3v) is 4.78. The number of fused-ring (bicyclic) bond motifs is 1. The minimum atomic E-state index is -0.289. The van der Waals surface area contributed by atoms with E-state index in [4.69, 9.17) is 21.7 Å². The molecular formula is C19H21BrN2O2S. The Kier molecular flexibility index (Phi) is 5.20. The van der Waals surface area contributed by atoms with Gasteiger partial charge in [-0.3, -0.25) is 0 Å². The summed E-state index contributed by atoms with van der Waals surface area (Å²) in [4.78, 5) is 0. The maximum absolute atomic E-state index is 6.12. The Bertz CT molecular complexity index is 795. The smallest absolute Gasteiger partial charge is 0.171 e. The summed E-state index contributed by atoms with van der Waals surface area (Å²) in [5.74, 6) is 1.61. The lowest BCUT2D eigenvalue weighted by Crippen LogP contribution is -2.42. The Morgan fingerprint density at radius 1 is 1.28 bits per heavy atom. The predicted molar refractivity (Wildman–Crippen MR) is 109 cm³/mol. The fourth-order valence-electron chi connectivity index (χ4n) is 2.98. The average molecular weight is 421 g/mol. The number of hydrogen-bond acceptors (Lipinski definition) is 3.